The summed E-state index contributed by atoms with van der Waals surface area (Å²) in [6.45, 7) is 0.376. The fourth-order valence-electron chi connectivity index (χ4n) is 2.20. The number of pyridine rings is 1. The Hall–Kier alpha value is -3.04. The van der Waals surface area contributed by atoms with Crippen LogP contribution in [0.2, 0.25) is 0 Å². The zero-order valence-corrected chi connectivity index (χ0v) is 11.7. The van der Waals surface area contributed by atoms with Crippen molar-refractivity contribution in [2.24, 2.45) is 0 Å². The molecule has 0 spiro atoms. The maximum atomic E-state index is 9.87. The van der Waals surface area contributed by atoms with E-state index in [0.717, 1.165) is 5.76 Å². The van der Waals surface area contributed by atoms with Gasteiger partial charge in [0.2, 0.25) is 0 Å². The molecule has 0 radical (unpaired) electrons. The fourth-order valence-corrected chi connectivity index (χ4v) is 2.20. The van der Waals surface area contributed by atoms with Gasteiger partial charge in [-0.15, -0.1) is 0 Å². The Morgan fingerprint density at radius 3 is 2.64 bits per heavy atom. The summed E-state index contributed by atoms with van der Waals surface area (Å²) >= 11 is 0. The highest BCUT2D eigenvalue weighted by molar-refractivity contribution is 5.37. The maximum Gasteiger partial charge on any atom is 0.192 e. The smallest absolute Gasteiger partial charge is 0.192 e. The van der Waals surface area contributed by atoms with Crippen molar-refractivity contribution >= 4 is 0 Å². The minimum Gasteiger partial charge on any atom is -0.468 e. The van der Waals surface area contributed by atoms with Crippen molar-refractivity contribution in [2.45, 2.75) is 12.1 Å². The SMILES string of the molecule is N#CC(NCc1ccco1)(c1ccccn1)c1ccncn1. The Bertz CT molecular complexity index is 711. The lowest BCUT2D eigenvalue weighted by Gasteiger charge is -2.26. The Labute approximate surface area is 127 Å². The van der Waals surface area contributed by atoms with E-state index in [0.29, 0.717) is 17.9 Å². The van der Waals surface area contributed by atoms with Crippen LogP contribution >= 0.6 is 0 Å². The van der Waals surface area contributed by atoms with Gasteiger partial charge in [-0.3, -0.25) is 10.3 Å². The molecule has 0 amide bonds. The third-order valence-corrected chi connectivity index (χ3v) is 3.29. The Morgan fingerprint density at radius 2 is 2.00 bits per heavy atom. The van der Waals surface area contributed by atoms with E-state index in [2.05, 4.69) is 26.3 Å². The largest absolute Gasteiger partial charge is 0.468 e. The first-order valence-corrected chi connectivity index (χ1v) is 6.72. The van der Waals surface area contributed by atoms with Crippen molar-refractivity contribution in [3.05, 3.63) is 78.5 Å². The number of aromatic nitrogens is 3. The van der Waals surface area contributed by atoms with Crippen molar-refractivity contribution in [3.8, 4) is 6.07 Å². The van der Waals surface area contributed by atoms with Crippen LogP contribution in [0.3, 0.4) is 0 Å². The first-order chi connectivity index (χ1) is 10.8. The number of nitriles is 1. The summed E-state index contributed by atoms with van der Waals surface area (Å²) in [7, 11) is 0. The van der Waals surface area contributed by atoms with Crippen LogP contribution in [-0.4, -0.2) is 15.0 Å². The number of hydrogen-bond acceptors (Lipinski definition) is 6. The summed E-state index contributed by atoms with van der Waals surface area (Å²) in [5.74, 6) is 0.726. The summed E-state index contributed by atoms with van der Waals surface area (Å²) in [6, 6.07) is 13.1. The molecular formula is C16H13N5O. The minimum atomic E-state index is -1.17. The normalized spacial score (nSPS) is 13.2. The topological polar surface area (TPSA) is 87.6 Å². The monoisotopic (exact) mass is 291 g/mol. The summed E-state index contributed by atoms with van der Waals surface area (Å²) in [6.07, 6.45) is 6.26. The lowest BCUT2D eigenvalue weighted by molar-refractivity contribution is 0.420. The third-order valence-electron chi connectivity index (χ3n) is 3.29. The number of nitrogens with zero attached hydrogens (tertiary/aromatic N) is 4. The Kier molecular flexibility index (Phi) is 3.90. The number of nitrogens with one attached hydrogen (secondary N) is 1. The molecule has 0 aromatic carbocycles. The lowest BCUT2D eigenvalue weighted by atomic mass is 9.91. The average Bonchev–Trinajstić information content (AvgIpc) is 3.11. The van der Waals surface area contributed by atoms with Gasteiger partial charge in [-0.25, -0.2) is 9.97 Å². The van der Waals surface area contributed by atoms with Crippen molar-refractivity contribution < 1.29 is 4.42 Å². The van der Waals surface area contributed by atoms with Crippen LogP contribution in [0, 0.1) is 11.3 Å². The summed E-state index contributed by atoms with van der Waals surface area (Å²) in [5, 5.41) is 13.1. The standard InChI is InChI=1S/C16H13N5O/c17-11-16(14-5-1-2-7-19-14,15-6-8-18-12-20-15)21-10-13-4-3-9-22-13/h1-9,12,21H,10H2. The highest BCUT2D eigenvalue weighted by Crippen LogP contribution is 2.26. The highest BCUT2D eigenvalue weighted by atomic mass is 16.3. The molecule has 0 aliphatic carbocycles. The van der Waals surface area contributed by atoms with Gasteiger partial charge in [0.05, 0.1) is 30.3 Å². The second-order valence-corrected chi connectivity index (χ2v) is 4.60. The molecule has 0 aliphatic heterocycles. The minimum absolute atomic E-state index is 0.376. The first-order valence-electron chi connectivity index (χ1n) is 6.72. The van der Waals surface area contributed by atoms with E-state index < -0.39 is 5.54 Å². The molecule has 1 atom stereocenters. The van der Waals surface area contributed by atoms with E-state index in [4.69, 9.17) is 4.42 Å². The van der Waals surface area contributed by atoms with Crippen LogP contribution in [0.25, 0.3) is 0 Å². The summed E-state index contributed by atoms with van der Waals surface area (Å²) in [5.41, 5.74) is -0.0604. The molecular weight excluding hydrogens is 278 g/mol. The van der Waals surface area contributed by atoms with Gasteiger partial charge in [0, 0.05) is 12.4 Å². The van der Waals surface area contributed by atoms with Gasteiger partial charge in [-0.2, -0.15) is 5.26 Å². The van der Waals surface area contributed by atoms with Gasteiger partial charge in [0.1, 0.15) is 12.1 Å². The third kappa shape index (κ3) is 2.57. The summed E-state index contributed by atoms with van der Waals surface area (Å²) < 4.78 is 5.32. The molecule has 6 heteroatoms. The predicted molar refractivity (Wildman–Crippen MR) is 78.2 cm³/mol. The maximum absolute atomic E-state index is 9.87. The Balaban J connectivity index is 2.03. The second kappa shape index (κ2) is 6.16. The van der Waals surface area contributed by atoms with Crippen LogP contribution in [-0.2, 0) is 12.1 Å². The van der Waals surface area contributed by atoms with E-state index in [1.807, 2.05) is 12.1 Å². The van der Waals surface area contributed by atoms with Crippen LogP contribution in [0.15, 0.2) is 65.8 Å². The van der Waals surface area contributed by atoms with Gasteiger partial charge in [-0.05, 0) is 30.3 Å². The van der Waals surface area contributed by atoms with Gasteiger partial charge in [0.25, 0.3) is 0 Å². The lowest BCUT2D eigenvalue weighted by Crippen LogP contribution is -2.43. The quantitative estimate of drug-likeness (QED) is 0.773. The zero-order chi connectivity index (χ0) is 15.3. The van der Waals surface area contributed by atoms with E-state index in [-0.39, 0.29) is 0 Å². The van der Waals surface area contributed by atoms with Crippen LogP contribution < -0.4 is 5.32 Å². The molecule has 0 saturated carbocycles. The molecule has 3 aromatic heterocycles. The van der Waals surface area contributed by atoms with E-state index in [1.165, 1.54) is 6.33 Å². The summed E-state index contributed by atoms with van der Waals surface area (Å²) in [4.78, 5) is 12.5. The van der Waals surface area contributed by atoms with Crippen molar-refractivity contribution in [1.82, 2.24) is 20.3 Å². The molecule has 3 aromatic rings. The van der Waals surface area contributed by atoms with Gasteiger partial charge in [-0.1, -0.05) is 6.07 Å². The van der Waals surface area contributed by atoms with Gasteiger partial charge >= 0.3 is 0 Å². The van der Waals surface area contributed by atoms with E-state index in [9.17, 15) is 5.26 Å². The zero-order valence-electron chi connectivity index (χ0n) is 11.7. The molecule has 3 rings (SSSR count). The predicted octanol–water partition coefficient (Wildman–Crippen LogP) is 2.02. The molecule has 108 valence electrons. The van der Waals surface area contributed by atoms with Crippen molar-refractivity contribution in [1.29, 1.82) is 5.26 Å². The highest BCUT2D eigenvalue weighted by Gasteiger charge is 2.37. The fraction of sp³-hybridized carbons (Fsp3) is 0.125. The second-order valence-electron chi connectivity index (χ2n) is 4.60. The molecule has 0 fully saturated rings. The number of hydrogen-bond donors (Lipinski definition) is 1. The molecule has 0 saturated heterocycles. The molecule has 6 nitrogen and oxygen atoms in total. The van der Waals surface area contributed by atoms with Gasteiger partial charge < -0.3 is 4.42 Å². The van der Waals surface area contributed by atoms with E-state index in [1.54, 1.807) is 42.9 Å². The average molecular weight is 291 g/mol. The molecule has 1 N–H and O–H groups in total. The van der Waals surface area contributed by atoms with Crippen molar-refractivity contribution in [3.63, 3.8) is 0 Å². The Morgan fingerprint density at radius 1 is 1.09 bits per heavy atom. The van der Waals surface area contributed by atoms with Gasteiger partial charge in [0.15, 0.2) is 5.54 Å². The van der Waals surface area contributed by atoms with Crippen LogP contribution in [0.5, 0.6) is 0 Å². The number of furan rings is 1. The molecule has 22 heavy (non-hydrogen) atoms. The molecule has 3 heterocycles. The van der Waals surface area contributed by atoms with Crippen LogP contribution in [0.1, 0.15) is 17.1 Å². The molecule has 0 bridgehead atoms. The van der Waals surface area contributed by atoms with Crippen LogP contribution in [0.4, 0.5) is 0 Å². The molecule has 1 unspecified atom stereocenters. The first kappa shape index (κ1) is 13.9. The number of rotatable bonds is 5. The van der Waals surface area contributed by atoms with E-state index >= 15 is 0 Å². The molecule has 0 aliphatic rings. The van der Waals surface area contributed by atoms with Crippen molar-refractivity contribution in [2.75, 3.05) is 0 Å².